The minimum Gasteiger partial charge on any atom is -0.338 e. The van der Waals surface area contributed by atoms with Crippen LogP contribution in [0.5, 0.6) is 0 Å². The smallest absolute Gasteiger partial charge is 0.338 e. The van der Waals surface area contributed by atoms with E-state index in [0.717, 1.165) is 12.8 Å². The van der Waals surface area contributed by atoms with E-state index in [1.807, 2.05) is 0 Å². The Labute approximate surface area is 192 Å². The molecule has 6 heterocycles. The minimum absolute atomic E-state index is 0.144. The van der Waals surface area contributed by atoms with Gasteiger partial charge in [0.05, 0.1) is 16.5 Å². The number of amides is 2. The molecular formula is C23H21N7O4. The van der Waals surface area contributed by atoms with E-state index >= 15 is 0 Å². The Hall–Kier alpha value is -4.28. The fraction of sp³-hybridized carbons (Fsp3) is 0.304. The Kier molecular flexibility index (Phi) is 4.41. The van der Waals surface area contributed by atoms with Gasteiger partial charge in [-0.05, 0) is 31.0 Å². The summed E-state index contributed by atoms with van der Waals surface area (Å²) in [6.45, 7) is 2.25. The molecule has 0 aliphatic carbocycles. The maximum absolute atomic E-state index is 13.3. The lowest BCUT2D eigenvalue weighted by atomic mass is 9.86. The molecule has 2 saturated heterocycles. The molecule has 6 rings (SSSR count). The van der Waals surface area contributed by atoms with E-state index in [2.05, 4.69) is 20.2 Å². The quantitative estimate of drug-likeness (QED) is 0.451. The summed E-state index contributed by atoms with van der Waals surface area (Å²) in [5, 5.41) is 7.22. The molecule has 2 aliphatic rings. The largest absolute Gasteiger partial charge is 0.347 e. The van der Waals surface area contributed by atoms with Crippen molar-refractivity contribution in [2.24, 2.45) is 5.41 Å². The second-order valence-corrected chi connectivity index (χ2v) is 9.08. The molecule has 4 aromatic heterocycles. The van der Waals surface area contributed by atoms with Crippen molar-refractivity contribution in [2.45, 2.75) is 12.8 Å². The highest BCUT2D eigenvalue weighted by Crippen LogP contribution is 2.40. The fourth-order valence-electron chi connectivity index (χ4n) is 5.21. The fourth-order valence-corrected chi connectivity index (χ4v) is 5.21. The summed E-state index contributed by atoms with van der Waals surface area (Å²) in [5.74, 6) is -0.302. The predicted molar refractivity (Wildman–Crippen MR) is 122 cm³/mol. The number of carbonyl (C=O) groups excluding carboxylic acids is 2. The average molecular weight is 459 g/mol. The number of rotatable bonds is 2. The molecule has 1 spiro atoms. The third-order valence-electron chi connectivity index (χ3n) is 7.04. The van der Waals surface area contributed by atoms with Crippen molar-refractivity contribution < 1.29 is 9.59 Å². The average Bonchev–Trinajstić information content (AvgIpc) is 3.57. The number of likely N-dealkylation sites (tertiary alicyclic amines) is 2. The van der Waals surface area contributed by atoms with Crippen molar-refractivity contribution in [3.05, 3.63) is 75.0 Å². The van der Waals surface area contributed by atoms with Crippen molar-refractivity contribution in [3.63, 3.8) is 0 Å². The summed E-state index contributed by atoms with van der Waals surface area (Å²) in [4.78, 5) is 60.7. The molecule has 2 fully saturated rings. The Balaban J connectivity index is 1.21. The summed E-state index contributed by atoms with van der Waals surface area (Å²) in [6, 6.07) is 5.02. The molecule has 1 unspecified atom stereocenters. The van der Waals surface area contributed by atoms with Gasteiger partial charge in [-0.1, -0.05) is 0 Å². The molecule has 11 heteroatoms. The zero-order chi connectivity index (χ0) is 23.4. The van der Waals surface area contributed by atoms with Gasteiger partial charge in [-0.3, -0.25) is 19.4 Å². The van der Waals surface area contributed by atoms with Crippen LogP contribution in [0.2, 0.25) is 0 Å². The summed E-state index contributed by atoms with van der Waals surface area (Å²) in [6.07, 6.45) is 7.60. The molecule has 34 heavy (non-hydrogen) atoms. The number of nitrogens with zero attached hydrogens (tertiary/aromatic N) is 5. The van der Waals surface area contributed by atoms with Crippen LogP contribution in [-0.2, 0) is 0 Å². The summed E-state index contributed by atoms with van der Waals surface area (Å²) >= 11 is 0. The number of H-pyrrole nitrogens is 2. The van der Waals surface area contributed by atoms with Crippen molar-refractivity contribution in [3.8, 4) is 0 Å². The molecule has 2 amide bonds. The van der Waals surface area contributed by atoms with Gasteiger partial charge >= 0.3 is 5.69 Å². The van der Waals surface area contributed by atoms with Gasteiger partial charge in [0, 0.05) is 61.8 Å². The third kappa shape index (κ3) is 3.11. The van der Waals surface area contributed by atoms with E-state index in [1.165, 1.54) is 29.2 Å². The molecule has 0 aromatic carbocycles. The van der Waals surface area contributed by atoms with E-state index in [4.69, 9.17) is 0 Å². The van der Waals surface area contributed by atoms with Gasteiger partial charge in [-0.15, -0.1) is 0 Å². The number of carbonyl (C=O) groups is 2. The van der Waals surface area contributed by atoms with Gasteiger partial charge in [-0.25, -0.2) is 14.3 Å². The molecule has 0 radical (unpaired) electrons. The molecule has 1 atom stereocenters. The monoisotopic (exact) mass is 459 g/mol. The van der Waals surface area contributed by atoms with Crippen LogP contribution < -0.4 is 11.2 Å². The molecule has 0 saturated carbocycles. The number of hydrogen-bond acceptors (Lipinski definition) is 6. The highest BCUT2D eigenvalue weighted by Gasteiger charge is 2.46. The number of nitrogens with one attached hydrogen (secondary N) is 2. The van der Waals surface area contributed by atoms with Crippen LogP contribution in [-0.4, -0.2) is 72.4 Å². The number of pyridine rings is 3. The molecule has 2 aliphatic heterocycles. The van der Waals surface area contributed by atoms with E-state index < -0.39 is 5.69 Å². The maximum atomic E-state index is 13.3. The van der Waals surface area contributed by atoms with Gasteiger partial charge in [0.15, 0.2) is 5.65 Å². The Morgan fingerprint density at radius 3 is 2.50 bits per heavy atom. The Morgan fingerprint density at radius 2 is 1.71 bits per heavy atom. The lowest BCUT2D eigenvalue weighted by Gasteiger charge is -2.25. The molecule has 172 valence electrons. The van der Waals surface area contributed by atoms with Crippen LogP contribution in [0, 0.1) is 5.41 Å². The topological polar surface area (TPSA) is 137 Å². The van der Waals surface area contributed by atoms with Crippen LogP contribution in [0.4, 0.5) is 0 Å². The first-order valence-electron chi connectivity index (χ1n) is 11.0. The van der Waals surface area contributed by atoms with Crippen molar-refractivity contribution >= 4 is 28.2 Å². The molecular weight excluding hydrogens is 438 g/mol. The first-order valence-corrected chi connectivity index (χ1v) is 11.0. The van der Waals surface area contributed by atoms with Crippen molar-refractivity contribution in [1.82, 2.24) is 34.4 Å². The number of fused-ring (bicyclic) bond motifs is 2. The van der Waals surface area contributed by atoms with Crippen LogP contribution in [0.15, 0.2) is 52.6 Å². The van der Waals surface area contributed by atoms with Gasteiger partial charge < -0.3 is 14.8 Å². The van der Waals surface area contributed by atoms with E-state index in [-0.39, 0.29) is 22.8 Å². The SMILES string of the molecule is O=C(c1ccc2n[nH]c(=O)n2c1)N1CCC2(CCN(C(=O)c3cncc4c(=O)[nH]ccc34)C2)C1. The highest BCUT2D eigenvalue weighted by molar-refractivity contribution is 6.06. The number of hydrogen-bond donors (Lipinski definition) is 2. The first kappa shape index (κ1) is 20.3. The number of aromatic nitrogens is 5. The normalized spacial score (nSPS) is 20.1. The lowest BCUT2D eigenvalue weighted by molar-refractivity contribution is 0.0756. The van der Waals surface area contributed by atoms with Crippen molar-refractivity contribution in [2.75, 3.05) is 26.2 Å². The second kappa shape index (κ2) is 7.37. The van der Waals surface area contributed by atoms with Crippen LogP contribution >= 0.6 is 0 Å². The Bertz CT molecular complexity index is 1590. The molecule has 11 nitrogen and oxygen atoms in total. The third-order valence-corrected chi connectivity index (χ3v) is 7.04. The van der Waals surface area contributed by atoms with Gasteiger partial charge in [0.1, 0.15) is 0 Å². The standard InChI is InChI=1S/C23H21N7O4/c31-19-16-9-24-10-17(15(16)3-6-25-19)21(33)29-8-5-23(13-29)4-7-28(12-23)20(32)14-1-2-18-26-27-22(34)30(18)11-14/h1-3,6,9-11H,4-5,7-8,12-13H2,(H,25,31)(H,27,34). The molecule has 4 aromatic rings. The van der Waals surface area contributed by atoms with Crippen LogP contribution in [0.1, 0.15) is 33.6 Å². The minimum atomic E-state index is -0.391. The van der Waals surface area contributed by atoms with E-state index in [0.29, 0.717) is 53.7 Å². The van der Waals surface area contributed by atoms with Crippen molar-refractivity contribution in [1.29, 1.82) is 0 Å². The Morgan fingerprint density at radius 1 is 0.941 bits per heavy atom. The maximum Gasteiger partial charge on any atom is 0.347 e. The first-order chi connectivity index (χ1) is 16.4. The van der Waals surface area contributed by atoms with Gasteiger partial charge in [0.25, 0.3) is 17.4 Å². The summed E-state index contributed by atoms with van der Waals surface area (Å²) in [5.41, 5.74) is 0.443. The lowest BCUT2D eigenvalue weighted by Crippen LogP contribution is -2.36. The zero-order valence-electron chi connectivity index (χ0n) is 18.2. The zero-order valence-corrected chi connectivity index (χ0v) is 18.2. The summed E-state index contributed by atoms with van der Waals surface area (Å²) < 4.78 is 1.32. The molecule has 0 bridgehead atoms. The van der Waals surface area contributed by atoms with Crippen LogP contribution in [0.25, 0.3) is 16.4 Å². The highest BCUT2D eigenvalue weighted by atomic mass is 16.2. The predicted octanol–water partition coefficient (Wildman–Crippen LogP) is 0.637. The van der Waals surface area contributed by atoms with E-state index in [1.54, 1.807) is 28.0 Å². The molecule has 2 N–H and O–H groups in total. The summed E-state index contributed by atoms with van der Waals surface area (Å²) in [7, 11) is 0. The van der Waals surface area contributed by atoms with E-state index in [9.17, 15) is 19.2 Å². The van der Waals surface area contributed by atoms with Gasteiger partial charge in [-0.2, -0.15) is 5.10 Å². The second-order valence-electron chi connectivity index (χ2n) is 9.08. The van der Waals surface area contributed by atoms with Crippen LogP contribution in [0.3, 0.4) is 0 Å². The number of aromatic amines is 2. The van der Waals surface area contributed by atoms with Gasteiger partial charge in [0.2, 0.25) is 0 Å².